The highest BCUT2D eigenvalue weighted by molar-refractivity contribution is 7.89. The molecule has 0 bridgehead atoms. The number of aromatic nitrogens is 1. The van der Waals surface area contributed by atoms with Gasteiger partial charge in [-0.1, -0.05) is 60.2 Å². The maximum Gasteiger partial charge on any atom is 0.279 e. The molecule has 0 aliphatic carbocycles. The van der Waals surface area contributed by atoms with E-state index in [0.717, 1.165) is 22.2 Å². The van der Waals surface area contributed by atoms with Crippen molar-refractivity contribution in [2.45, 2.75) is 37.8 Å². The van der Waals surface area contributed by atoms with Gasteiger partial charge in [0.25, 0.3) is 5.91 Å². The maximum absolute atomic E-state index is 13.2. The van der Waals surface area contributed by atoms with Gasteiger partial charge in [-0.15, -0.1) is 0 Å². The largest absolute Gasteiger partial charge is 0.315 e. The van der Waals surface area contributed by atoms with Gasteiger partial charge < -0.3 is 4.57 Å². The van der Waals surface area contributed by atoms with Crippen molar-refractivity contribution in [1.29, 1.82) is 0 Å². The number of amides is 1. The van der Waals surface area contributed by atoms with E-state index in [1.807, 2.05) is 47.0 Å². The predicted molar refractivity (Wildman–Crippen MR) is 139 cm³/mol. The molecule has 0 unspecified atom stereocenters. The zero-order chi connectivity index (χ0) is 24.6. The first-order valence-corrected chi connectivity index (χ1v) is 14.1. The molecule has 0 saturated carbocycles. The second-order valence-corrected chi connectivity index (χ2v) is 11.8. The summed E-state index contributed by atoms with van der Waals surface area (Å²) in [6, 6.07) is 19.6. The molecule has 5 rings (SSSR count). The number of halogens is 1. The Morgan fingerprint density at radius 3 is 2.51 bits per heavy atom. The zero-order valence-corrected chi connectivity index (χ0v) is 21.5. The number of hydrogen-bond donors (Lipinski definition) is 0. The lowest BCUT2D eigenvalue weighted by Gasteiger charge is -2.28. The molecule has 0 spiro atoms. The fraction of sp³-hybridized carbons (Fsp3) is 0.231. The number of thiazole rings is 1. The van der Waals surface area contributed by atoms with Gasteiger partial charge in [-0.05, 0) is 60.4 Å². The third-order valence-corrected chi connectivity index (χ3v) is 9.34. The fourth-order valence-electron chi connectivity index (χ4n) is 4.35. The van der Waals surface area contributed by atoms with E-state index in [1.54, 1.807) is 0 Å². The van der Waals surface area contributed by atoms with E-state index in [0.29, 0.717) is 41.4 Å². The van der Waals surface area contributed by atoms with Crippen molar-refractivity contribution in [2.24, 2.45) is 4.99 Å². The van der Waals surface area contributed by atoms with Crippen LogP contribution in [0.15, 0.2) is 76.6 Å². The summed E-state index contributed by atoms with van der Waals surface area (Å²) in [6.45, 7) is 3.52. The van der Waals surface area contributed by atoms with Gasteiger partial charge in [0, 0.05) is 25.2 Å². The minimum Gasteiger partial charge on any atom is -0.315 e. The van der Waals surface area contributed by atoms with Crippen molar-refractivity contribution in [3.05, 3.63) is 93.2 Å². The standard InChI is InChI=1S/C26H24ClN3O3S2/c1-2-15-30-24-22(27)8-5-9-23(24)34-26(30)28-25(31)19-10-12-21(13-11-19)35(32,33)29-16-14-18-6-3-4-7-20(18)17-29/h3-13H,2,14-17H2,1H3. The molecular weight excluding hydrogens is 502 g/mol. The maximum atomic E-state index is 13.2. The molecule has 1 aromatic heterocycles. The molecule has 1 amide bonds. The van der Waals surface area contributed by atoms with Gasteiger partial charge >= 0.3 is 0 Å². The van der Waals surface area contributed by atoms with Crippen LogP contribution in [0.4, 0.5) is 0 Å². The molecule has 2 heterocycles. The second-order valence-electron chi connectivity index (χ2n) is 8.42. The van der Waals surface area contributed by atoms with Gasteiger partial charge in [0.1, 0.15) is 0 Å². The SMILES string of the molecule is CCCn1c(=NC(=O)c2ccc(S(=O)(=O)N3CCc4ccccc4C3)cc2)sc2cccc(Cl)c21. The van der Waals surface area contributed by atoms with Crippen LogP contribution in [0.3, 0.4) is 0 Å². The van der Waals surface area contributed by atoms with Gasteiger partial charge in [0.05, 0.1) is 20.1 Å². The van der Waals surface area contributed by atoms with Crippen LogP contribution in [0.2, 0.25) is 5.02 Å². The lowest BCUT2D eigenvalue weighted by atomic mass is 10.0. The topological polar surface area (TPSA) is 71.7 Å². The van der Waals surface area contributed by atoms with E-state index >= 15 is 0 Å². The fourth-order valence-corrected chi connectivity index (χ4v) is 7.18. The van der Waals surface area contributed by atoms with Gasteiger partial charge in [-0.2, -0.15) is 9.30 Å². The Kier molecular flexibility index (Phi) is 6.63. The molecular formula is C26H24ClN3O3S2. The van der Waals surface area contributed by atoms with E-state index in [1.165, 1.54) is 45.5 Å². The smallest absolute Gasteiger partial charge is 0.279 e. The summed E-state index contributed by atoms with van der Waals surface area (Å²) in [6.07, 6.45) is 1.55. The highest BCUT2D eigenvalue weighted by atomic mass is 35.5. The number of nitrogens with zero attached hydrogens (tertiary/aromatic N) is 3. The van der Waals surface area contributed by atoms with Crippen LogP contribution in [0, 0.1) is 0 Å². The van der Waals surface area contributed by atoms with E-state index in [2.05, 4.69) is 11.9 Å². The Balaban J connectivity index is 1.42. The van der Waals surface area contributed by atoms with Crippen molar-refractivity contribution in [3.63, 3.8) is 0 Å². The summed E-state index contributed by atoms with van der Waals surface area (Å²) in [5.41, 5.74) is 3.41. The van der Waals surface area contributed by atoms with Crippen LogP contribution < -0.4 is 4.80 Å². The first-order valence-electron chi connectivity index (χ1n) is 11.4. The third-order valence-electron chi connectivity index (χ3n) is 6.13. The molecule has 35 heavy (non-hydrogen) atoms. The van der Waals surface area contributed by atoms with E-state index in [9.17, 15) is 13.2 Å². The number of rotatable bonds is 5. The number of carbonyl (C=O) groups excluding carboxylic acids is 1. The molecule has 1 aliphatic heterocycles. The van der Waals surface area contributed by atoms with Crippen molar-refractivity contribution in [2.75, 3.05) is 6.54 Å². The summed E-state index contributed by atoms with van der Waals surface area (Å²) in [4.78, 5) is 18.1. The Morgan fingerprint density at radius 2 is 1.77 bits per heavy atom. The minimum absolute atomic E-state index is 0.170. The molecule has 9 heteroatoms. The quantitative estimate of drug-likeness (QED) is 0.357. The molecule has 0 saturated heterocycles. The van der Waals surface area contributed by atoms with Crippen LogP contribution in [-0.4, -0.2) is 29.7 Å². The number of para-hydroxylation sites is 1. The molecule has 1 aliphatic rings. The van der Waals surface area contributed by atoms with Gasteiger partial charge in [-0.3, -0.25) is 4.79 Å². The molecule has 3 aromatic carbocycles. The lowest BCUT2D eigenvalue weighted by molar-refractivity contribution is 0.0997. The minimum atomic E-state index is -3.67. The summed E-state index contributed by atoms with van der Waals surface area (Å²) < 4.78 is 30.9. The molecule has 0 fully saturated rings. The molecule has 0 N–H and O–H groups in total. The number of carbonyl (C=O) groups is 1. The number of benzene rings is 3. The normalized spacial score (nSPS) is 14.9. The number of sulfonamides is 1. The van der Waals surface area contributed by atoms with Gasteiger partial charge in [0.2, 0.25) is 10.0 Å². The van der Waals surface area contributed by atoms with Crippen molar-refractivity contribution in [3.8, 4) is 0 Å². The predicted octanol–water partition coefficient (Wildman–Crippen LogP) is 5.25. The van der Waals surface area contributed by atoms with Crippen molar-refractivity contribution < 1.29 is 13.2 Å². The average molecular weight is 526 g/mol. The van der Waals surface area contributed by atoms with Crippen LogP contribution in [0.1, 0.15) is 34.8 Å². The Labute approximate surface area is 213 Å². The van der Waals surface area contributed by atoms with E-state index in [4.69, 9.17) is 11.6 Å². The number of aryl methyl sites for hydroxylation is 1. The van der Waals surface area contributed by atoms with Crippen LogP contribution in [0.5, 0.6) is 0 Å². The first kappa shape index (κ1) is 23.9. The van der Waals surface area contributed by atoms with Crippen molar-refractivity contribution >= 4 is 49.1 Å². The second kappa shape index (κ2) is 9.70. The van der Waals surface area contributed by atoms with Gasteiger partial charge in [-0.25, -0.2) is 8.42 Å². The zero-order valence-electron chi connectivity index (χ0n) is 19.1. The Bertz CT molecular complexity index is 1590. The molecule has 0 radical (unpaired) electrons. The third kappa shape index (κ3) is 4.59. The van der Waals surface area contributed by atoms with Gasteiger partial charge in [0.15, 0.2) is 4.80 Å². The van der Waals surface area contributed by atoms with Crippen LogP contribution in [0.25, 0.3) is 10.2 Å². The Morgan fingerprint density at radius 1 is 1.03 bits per heavy atom. The Hall–Kier alpha value is -2.78. The van der Waals surface area contributed by atoms with E-state index < -0.39 is 15.9 Å². The molecule has 4 aromatic rings. The molecule has 0 atom stereocenters. The summed E-state index contributed by atoms with van der Waals surface area (Å²) in [5.74, 6) is -0.423. The highest BCUT2D eigenvalue weighted by Crippen LogP contribution is 2.27. The van der Waals surface area contributed by atoms with Crippen LogP contribution >= 0.6 is 22.9 Å². The van der Waals surface area contributed by atoms with E-state index in [-0.39, 0.29) is 4.90 Å². The number of hydrogen-bond acceptors (Lipinski definition) is 4. The summed E-state index contributed by atoms with van der Waals surface area (Å²) >= 11 is 7.83. The number of fused-ring (bicyclic) bond motifs is 2. The average Bonchev–Trinajstić information content (AvgIpc) is 3.22. The summed E-state index contributed by atoms with van der Waals surface area (Å²) in [7, 11) is -3.67. The molecule has 6 nitrogen and oxygen atoms in total. The highest BCUT2D eigenvalue weighted by Gasteiger charge is 2.28. The summed E-state index contributed by atoms with van der Waals surface area (Å²) in [5, 5.41) is 0.621. The monoisotopic (exact) mass is 525 g/mol. The van der Waals surface area contributed by atoms with Crippen LogP contribution in [-0.2, 0) is 29.5 Å². The lowest BCUT2D eigenvalue weighted by Crippen LogP contribution is -2.35. The first-order chi connectivity index (χ1) is 16.9. The van der Waals surface area contributed by atoms with Crippen molar-refractivity contribution in [1.82, 2.24) is 8.87 Å². The molecule has 180 valence electrons.